The van der Waals surface area contributed by atoms with Gasteiger partial charge in [-0.15, -0.1) is 0 Å². The Morgan fingerprint density at radius 1 is 0.571 bits per heavy atom. The maximum Gasteiger partial charge on any atom is 0.155 e. The summed E-state index contributed by atoms with van der Waals surface area (Å²) in [5.74, 6) is 5.31. The monoisotopic (exact) mass is 574 g/mol. The number of allylic oxidation sites excluding steroid dienone is 2. The molecule has 0 saturated heterocycles. The Bertz CT molecular complexity index is 1140. The minimum Gasteiger partial charge on any atom is -0.386 e. The lowest BCUT2D eigenvalue weighted by Crippen LogP contribution is -2.70. The highest BCUT2D eigenvalue weighted by atomic mass is 16.4. The molecule has 4 nitrogen and oxygen atoms in total. The first-order chi connectivity index (χ1) is 20.2. The lowest BCUT2D eigenvalue weighted by molar-refractivity contribution is -0.276. The van der Waals surface area contributed by atoms with Crippen LogP contribution in [-0.2, 0) is 9.59 Å². The maximum atomic E-state index is 13.3. The molecule has 230 valence electrons. The zero-order valence-corrected chi connectivity index (χ0v) is 26.2. The Hall–Kier alpha value is -1.26. The van der Waals surface area contributed by atoms with Crippen molar-refractivity contribution in [1.82, 2.24) is 0 Å². The number of fused-ring (bicyclic) bond motifs is 10. The summed E-state index contributed by atoms with van der Waals surface area (Å²) >= 11 is 0. The Labute approximate surface area is 253 Å². The van der Waals surface area contributed by atoms with Crippen molar-refractivity contribution in [2.24, 2.45) is 58.2 Å². The number of ketones is 2. The fourth-order valence-electron chi connectivity index (χ4n) is 14.7. The summed E-state index contributed by atoms with van der Waals surface area (Å²) in [4.78, 5) is 24.4. The Balaban J connectivity index is 1.12. The fraction of sp³-hybridized carbons (Fsp3) is 0.842. The zero-order chi connectivity index (χ0) is 29.1. The number of carbonyl (C=O) groups is 2. The molecule has 8 aliphatic carbocycles. The summed E-state index contributed by atoms with van der Waals surface area (Å²) in [7, 11) is 0. The van der Waals surface area contributed by atoms with Crippen LogP contribution in [0.15, 0.2) is 23.3 Å². The molecule has 0 radical (unpaired) electrons. The molecule has 0 spiro atoms. The zero-order valence-electron chi connectivity index (χ0n) is 26.2. The van der Waals surface area contributed by atoms with Gasteiger partial charge in [-0.25, -0.2) is 0 Å². The largest absolute Gasteiger partial charge is 0.386 e. The summed E-state index contributed by atoms with van der Waals surface area (Å²) in [5.41, 5.74) is 0.423. The molecular formula is C38H54O4. The molecule has 0 heterocycles. The van der Waals surface area contributed by atoms with Crippen molar-refractivity contribution in [2.45, 2.75) is 141 Å². The topological polar surface area (TPSA) is 74.6 Å². The Morgan fingerprint density at radius 2 is 1.00 bits per heavy atom. The van der Waals surface area contributed by atoms with Crippen LogP contribution in [0.4, 0.5) is 0 Å². The molecule has 0 amide bonds. The van der Waals surface area contributed by atoms with E-state index in [0.717, 1.165) is 103 Å². The van der Waals surface area contributed by atoms with Crippen molar-refractivity contribution in [3.63, 3.8) is 0 Å². The van der Waals surface area contributed by atoms with Crippen LogP contribution in [0.1, 0.15) is 129 Å². The van der Waals surface area contributed by atoms with E-state index in [9.17, 15) is 19.8 Å². The van der Waals surface area contributed by atoms with Gasteiger partial charge in [-0.1, -0.05) is 25.0 Å². The van der Waals surface area contributed by atoms with Crippen LogP contribution in [0, 0.1) is 58.2 Å². The smallest absolute Gasteiger partial charge is 0.155 e. The third-order valence-electron chi connectivity index (χ3n) is 16.2. The second kappa shape index (κ2) is 9.62. The Morgan fingerprint density at radius 3 is 1.40 bits per heavy atom. The van der Waals surface area contributed by atoms with Crippen LogP contribution in [0.2, 0.25) is 0 Å². The molecule has 6 saturated carbocycles. The maximum absolute atomic E-state index is 13.3. The molecule has 42 heavy (non-hydrogen) atoms. The highest BCUT2D eigenvalue weighted by Gasteiger charge is 2.77. The predicted octanol–water partition coefficient (Wildman–Crippen LogP) is 7.51. The van der Waals surface area contributed by atoms with E-state index in [1.54, 1.807) is 0 Å². The summed E-state index contributed by atoms with van der Waals surface area (Å²) in [6.07, 6.45) is 21.8. The first-order valence-electron chi connectivity index (χ1n) is 18.1. The molecule has 0 bridgehead atoms. The molecule has 6 fully saturated rings. The fourth-order valence-corrected chi connectivity index (χ4v) is 14.7. The van der Waals surface area contributed by atoms with E-state index in [-0.39, 0.29) is 10.8 Å². The van der Waals surface area contributed by atoms with E-state index in [2.05, 4.69) is 13.8 Å². The molecule has 8 rings (SSSR count). The number of aliphatic hydroxyl groups is 2. The highest BCUT2D eigenvalue weighted by molar-refractivity contribution is 5.91. The SMILES string of the molecule is CCC12CCC3C4CCC(=O)C=C4CCC3C1CCC2(O)C1(O)CCC2C3CCC4=CC(=O)CCC4C3CCC21CC. The van der Waals surface area contributed by atoms with Crippen LogP contribution in [0.5, 0.6) is 0 Å². The van der Waals surface area contributed by atoms with Crippen molar-refractivity contribution < 1.29 is 19.8 Å². The van der Waals surface area contributed by atoms with Crippen LogP contribution >= 0.6 is 0 Å². The van der Waals surface area contributed by atoms with Crippen LogP contribution in [0.3, 0.4) is 0 Å². The lowest BCUT2D eigenvalue weighted by Gasteiger charge is -2.64. The molecule has 12 atom stereocenters. The quantitative estimate of drug-likeness (QED) is 0.366. The first kappa shape index (κ1) is 28.2. The molecule has 0 aliphatic heterocycles. The van der Waals surface area contributed by atoms with E-state index in [1.807, 2.05) is 12.2 Å². The summed E-state index contributed by atoms with van der Waals surface area (Å²) in [5, 5.41) is 26.7. The summed E-state index contributed by atoms with van der Waals surface area (Å²) in [6.45, 7) is 4.64. The van der Waals surface area contributed by atoms with E-state index in [0.29, 0.717) is 71.8 Å². The van der Waals surface area contributed by atoms with Crippen LogP contribution in [-0.4, -0.2) is 33.0 Å². The molecule has 2 N–H and O–H groups in total. The molecule has 12 unspecified atom stereocenters. The van der Waals surface area contributed by atoms with Crippen LogP contribution < -0.4 is 0 Å². The second-order valence-electron chi connectivity index (χ2n) is 16.5. The van der Waals surface area contributed by atoms with Crippen LogP contribution in [0.25, 0.3) is 0 Å². The van der Waals surface area contributed by atoms with Gasteiger partial charge in [0, 0.05) is 23.7 Å². The van der Waals surface area contributed by atoms with Gasteiger partial charge in [0.1, 0.15) is 0 Å². The van der Waals surface area contributed by atoms with Gasteiger partial charge in [0.2, 0.25) is 0 Å². The molecule has 0 aromatic heterocycles. The third-order valence-corrected chi connectivity index (χ3v) is 16.2. The number of rotatable bonds is 3. The molecule has 4 heteroatoms. The number of hydrogen-bond acceptors (Lipinski definition) is 4. The third kappa shape index (κ3) is 3.38. The normalized spacial score (nSPS) is 53.1. The van der Waals surface area contributed by atoms with Crippen molar-refractivity contribution >= 4 is 11.6 Å². The summed E-state index contributed by atoms with van der Waals surface area (Å²) < 4.78 is 0. The average molecular weight is 575 g/mol. The molecule has 0 aromatic rings. The number of carbonyl (C=O) groups excluding carboxylic acids is 2. The Kier molecular flexibility index (Phi) is 6.47. The van der Waals surface area contributed by atoms with Gasteiger partial charge < -0.3 is 10.2 Å². The molecule has 8 aliphatic rings. The van der Waals surface area contributed by atoms with Crippen molar-refractivity contribution in [3.05, 3.63) is 23.3 Å². The molecular weight excluding hydrogens is 520 g/mol. The van der Waals surface area contributed by atoms with Crippen molar-refractivity contribution in [1.29, 1.82) is 0 Å². The van der Waals surface area contributed by atoms with Gasteiger partial charge in [0.25, 0.3) is 0 Å². The van der Waals surface area contributed by atoms with E-state index in [4.69, 9.17) is 0 Å². The minimum atomic E-state index is -1.02. The van der Waals surface area contributed by atoms with Gasteiger partial charge in [0.05, 0.1) is 11.2 Å². The van der Waals surface area contributed by atoms with E-state index >= 15 is 0 Å². The van der Waals surface area contributed by atoms with Gasteiger partial charge in [-0.3, -0.25) is 9.59 Å². The predicted molar refractivity (Wildman–Crippen MR) is 163 cm³/mol. The highest BCUT2D eigenvalue weighted by Crippen LogP contribution is 2.75. The van der Waals surface area contributed by atoms with Gasteiger partial charge in [0.15, 0.2) is 11.6 Å². The lowest BCUT2D eigenvalue weighted by atomic mass is 9.43. The second-order valence-corrected chi connectivity index (χ2v) is 16.5. The number of hydrogen-bond donors (Lipinski definition) is 2. The first-order valence-corrected chi connectivity index (χ1v) is 18.1. The average Bonchev–Trinajstić information content (AvgIpc) is 3.50. The van der Waals surface area contributed by atoms with Gasteiger partial charge in [-0.2, -0.15) is 0 Å². The summed E-state index contributed by atoms with van der Waals surface area (Å²) in [6, 6.07) is 0. The van der Waals surface area contributed by atoms with Crippen molar-refractivity contribution in [3.8, 4) is 0 Å². The van der Waals surface area contributed by atoms with E-state index in [1.165, 1.54) is 11.1 Å². The standard InChI is InChI=1S/C38H54O4/c1-3-35-17-13-29-27-11-7-25(39)21-23(27)5-9-31(29)33(35)15-19-37(35,41)38(42)20-16-34-32-10-6-24-22-26(40)8-12-28(24)30(32)14-18-36(34,38)4-2/h21-22,27-34,41-42H,3-20H2,1-2H3. The van der Waals surface area contributed by atoms with E-state index < -0.39 is 11.2 Å². The van der Waals surface area contributed by atoms with Crippen molar-refractivity contribution in [2.75, 3.05) is 0 Å². The minimum absolute atomic E-state index is 0.200. The van der Waals surface area contributed by atoms with Gasteiger partial charge >= 0.3 is 0 Å². The van der Waals surface area contributed by atoms with Gasteiger partial charge in [-0.05, 0) is 162 Å². The molecule has 0 aromatic carbocycles.